The molecule has 176 valence electrons. The smallest absolute Gasteiger partial charge is 0.166 e. The highest BCUT2D eigenvalue weighted by Crippen LogP contribution is 2.27. The maximum absolute atomic E-state index is 4.89. The second-order valence-electron chi connectivity index (χ2n) is 8.88. The van der Waals surface area contributed by atoms with Crippen LogP contribution in [0.5, 0.6) is 0 Å². The van der Waals surface area contributed by atoms with Gasteiger partial charge < -0.3 is 9.88 Å². The van der Waals surface area contributed by atoms with Crippen molar-refractivity contribution in [2.75, 3.05) is 5.32 Å². The molecule has 8 heteroatoms. The molecular weight excluding hydrogens is 448 g/mol. The van der Waals surface area contributed by atoms with Crippen LogP contribution < -0.4 is 5.32 Å². The first-order chi connectivity index (χ1) is 17.7. The molecule has 0 saturated heterocycles. The van der Waals surface area contributed by atoms with E-state index in [1.54, 1.807) is 6.20 Å². The molecule has 0 aliphatic carbocycles. The number of pyridine rings is 3. The Labute approximate surface area is 208 Å². The summed E-state index contributed by atoms with van der Waals surface area (Å²) < 4.78 is 2.06. The number of fused-ring (bicyclic) bond motifs is 2. The van der Waals surface area contributed by atoms with Crippen molar-refractivity contribution >= 4 is 27.9 Å². The monoisotopic (exact) mass is 472 g/mol. The number of anilines is 1. The van der Waals surface area contributed by atoms with Gasteiger partial charge in [0.1, 0.15) is 5.52 Å². The summed E-state index contributed by atoms with van der Waals surface area (Å²) in [5, 5.41) is 4.51. The van der Waals surface area contributed by atoms with Crippen molar-refractivity contribution in [2.24, 2.45) is 0 Å². The van der Waals surface area contributed by atoms with Crippen LogP contribution in [0.4, 0.5) is 5.82 Å². The van der Waals surface area contributed by atoms with E-state index in [0.717, 1.165) is 44.5 Å². The molecule has 0 radical (unpaired) electrons. The number of hydrogen-bond donors (Lipinski definition) is 1. The van der Waals surface area contributed by atoms with Crippen LogP contribution in [0.15, 0.2) is 85.7 Å². The van der Waals surface area contributed by atoms with Gasteiger partial charge in [-0.05, 0) is 49.7 Å². The molecule has 0 fully saturated rings. The lowest BCUT2D eigenvalue weighted by atomic mass is 10.1. The maximum Gasteiger partial charge on any atom is 0.166 e. The molecule has 36 heavy (non-hydrogen) atoms. The Hall–Kier alpha value is -4.72. The van der Waals surface area contributed by atoms with Crippen molar-refractivity contribution < 1.29 is 0 Å². The number of para-hydroxylation sites is 1. The standard InChI is InChI=1S/C28H24N8/c1-18(2)36-17-33-25-27(32-14-19-9-10-24(30-13-19)21-7-5-11-29-15-21)34-26(35-28(25)36)22-12-20-6-3-4-8-23(20)31-16-22/h3-13,15-18H,14H2,1-2H3,(H,32,34,35). The average molecular weight is 473 g/mol. The second-order valence-corrected chi connectivity index (χ2v) is 8.88. The van der Waals surface area contributed by atoms with E-state index in [9.17, 15) is 0 Å². The SMILES string of the molecule is CC(C)n1cnc2c(NCc3ccc(-c4cccnc4)nc3)nc(-c3cnc4ccccc4c3)nc21. The predicted octanol–water partition coefficient (Wildman–Crippen LogP) is 5.69. The van der Waals surface area contributed by atoms with Gasteiger partial charge in [0.2, 0.25) is 0 Å². The Kier molecular flexibility index (Phi) is 5.53. The Morgan fingerprint density at radius 1 is 0.861 bits per heavy atom. The molecule has 0 spiro atoms. The van der Waals surface area contributed by atoms with E-state index in [1.807, 2.05) is 67.4 Å². The molecule has 0 aliphatic rings. The Morgan fingerprint density at radius 3 is 2.58 bits per heavy atom. The van der Waals surface area contributed by atoms with Gasteiger partial charge in [-0.3, -0.25) is 15.0 Å². The summed E-state index contributed by atoms with van der Waals surface area (Å²) in [6, 6.07) is 18.3. The van der Waals surface area contributed by atoms with Crippen LogP contribution in [-0.2, 0) is 6.54 Å². The summed E-state index contributed by atoms with van der Waals surface area (Å²) in [7, 11) is 0. The Bertz CT molecular complexity index is 1660. The van der Waals surface area contributed by atoms with Gasteiger partial charge in [0.15, 0.2) is 17.3 Å². The van der Waals surface area contributed by atoms with Gasteiger partial charge in [0, 0.05) is 53.9 Å². The first kappa shape index (κ1) is 21.8. The molecule has 0 aliphatic heterocycles. The summed E-state index contributed by atoms with van der Waals surface area (Å²) in [6.07, 6.45) is 9.08. The van der Waals surface area contributed by atoms with Gasteiger partial charge in [0.05, 0.1) is 17.5 Å². The molecule has 5 aromatic heterocycles. The first-order valence-corrected chi connectivity index (χ1v) is 11.8. The molecule has 0 amide bonds. The normalized spacial score (nSPS) is 11.4. The molecule has 6 rings (SSSR count). The third kappa shape index (κ3) is 4.13. The fourth-order valence-electron chi connectivity index (χ4n) is 4.14. The number of hydrogen-bond acceptors (Lipinski definition) is 7. The van der Waals surface area contributed by atoms with Gasteiger partial charge in [-0.15, -0.1) is 0 Å². The van der Waals surface area contributed by atoms with E-state index in [0.29, 0.717) is 18.2 Å². The number of nitrogens with one attached hydrogen (secondary N) is 1. The molecule has 0 unspecified atom stereocenters. The van der Waals surface area contributed by atoms with Crippen molar-refractivity contribution in [1.29, 1.82) is 0 Å². The fraction of sp³-hybridized carbons (Fsp3) is 0.143. The molecule has 8 nitrogen and oxygen atoms in total. The molecule has 0 bridgehead atoms. The van der Waals surface area contributed by atoms with Gasteiger partial charge >= 0.3 is 0 Å². The number of aromatic nitrogens is 7. The quantitative estimate of drug-likeness (QED) is 0.333. The van der Waals surface area contributed by atoms with E-state index < -0.39 is 0 Å². The predicted molar refractivity (Wildman–Crippen MR) is 141 cm³/mol. The number of imidazole rings is 1. The van der Waals surface area contributed by atoms with E-state index in [4.69, 9.17) is 9.97 Å². The van der Waals surface area contributed by atoms with E-state index >= 15 is 0 Å². The van der Waals surface area contributed by atoms with E-state index in [-0.39, 0.29) is 6.04 Å². The minimum atomic E-state index is 0.213. The molecule has 0 atom stereocenters. The fourth-order valence-corrected chi connectivity index (χ4v) is 4.14. The van der Waals surface area contributed by atoms with Crippen LogP contribution >= 0.6 is 0 Å². The summed E-state index contributed by atoms with van der Waals surface area (Å²) in [4.78, 5) is 27.8. The molecule has 5 heterocycles. The highest BCUT2D eigenvalue weighted by atomic mass is 15.2. The van der Waals surface area contributed by atoms with Crippen LogP contribution in [-0.4, -0.2) is 34.5 Å². The van der Waals surface area contributed by atoms with E-state index in [1.165, 1.54) is 0 Å². The largest absolute Gasteiger partial charge is 0.364 e. The summed E-state index contributed by atoms with van der Waals surface area (Å²) in [5.74, 6) is 1.29. The summed E-state index contributed by atoms with van der Waals surface area (Å²) in [5.41, 5.74) is 6.23. The van der Waals surface area contributed by atoms with Gasteiger partial charge in [-0.2, -0.15) is 0 Å². The van der Waals surface area contributed by atoms with Crippen LogP contribution in [0.2, 0.25) is 0 Å². The van der Waals surface area contributed by atoms with E-state index in [2.05, 4.69) is 55.8 Å². The highest BCUT2D eigenvalue weighted by molar-refractivity contribution is 5.87. The molecular formula is C28H24N8. The van der Waals surface area contributed by atoms with Crippen LogP contribution in [0.1, 0.15) is 25.5 Å². The number of benzene rings is 1. The minimum absolute atomic E-state index is 0.213. The summed E-state index contributed by atoms with van der Waals surface area (Å²) in [6.45, 7) is 4.78. The van der Waals surface area contributed by atoms with Gasteiger partial charge in [-0.1, -0.05) is 24.3 Å². The third-order valence-electron chi connectivity index (χ3n) is 6.07. The lowest BCUT2D eigenvalue weighted by molar-refractivity contribution is 0.613. The molecule has 1 aromatic carbocycles. The number of rotatable bonds is 6. The van der Waals surface area contributed by atoms with Crippen LogP contribution in [0.3, 0.4) is 0 Å². The zero-order chi connectivity index (χ0) is 24.5. The third-order valence-corrected chi connectivity index (χ3v) is 6.07. The Morgan fingerprint density at radius 2 is 1.78 bits per heavy atom. The van der Waals surface area contributed by atoms with Crippen LogP contribution in [0, 0.1) is 0 Å². The summed E-state index contributed by atoms with van der Waals surface area (Å²) >= 11 is 0. The second kappa shape index (κ2) is 9.14. The molecule has 6 aromatic rings. The first-order valence-electron chi connectivity index (χ1n) is 11.8. The lowest BCUT2D eigenvalue weighted by Gasteiger charge is -2.12. The zero-order valence-corrected chi connectivity index (χ0v) is 20.0. The van der Waals surface area contributed by atoms with Crippen molar-refractivity contribution in [1.82, 2.24) is 34.5 Å². The number of nitrogens with zero attached hydrogens (tertiary/aromatic N) is 7. The zero-order valence-electron chi connectivity index (χ0n) is 20.0. The molecule has 1 N–H and O–H groups in total. The van der Waals surface area contributed by atoms with Crippen molar-refractivity contribution in [3.05, 3.63) is 91.3 Å². The van der Waals surface area contributed by atoms with Crippen LogP contribution in [0.25, 0.3) is 44.7 Å². The highest BCUT2D eigenvalue weighted by Gasteiger charge is 2.16. The van der Waals surface area contributed by atoms with Crippen molar-refractivity contribution in [3.63, 3.8) is 0 Å². The minimum Gasteiger partial charge on any atom is -0.364 e. The average Bonchev–Trinajstić information content (AvgIpc) is 3.37. The Balaban J connectivity index is 1.35. The van der Waals surface area contributed by atoms with Crippen molar-refractivity contribution in [3.8, 4) is 22.6 Å². The van der Waals surface area contributed by atoms with Crippen molar-refractivity contribution in [2.45, 2.75) is 26.4 Å². The maximum atomic E-state index is 4.89. The lowest BCUT2D eigenvalue weighted by Crippen LogP contribution is -2.06. The van der Waals surface area contributed by atoms with Gasteiger partial charge in [-0.25, -0.2) is 15.0 Å². The molecule has 0 saturated carbocycles. The topological polar surface area (TPSA) is 94.3 Å². The van der Waals surface area contributed by atoms with Gasteiger partial charge in [0.25, 0.3) is 0 Å².